The molecule has 5 nitrogen and oxygen atoms in total. The summed E-state index contributed by atoms with van der Waals surface area (Å²) in [7, 11) is -3.67. The molecular formula is C5H14N2O3S3. The van der Waals surface area contributed by atoms with E-state index >= 15 is 0 Å². The average Bonchev–Trinajstić information content (AvgIpc) is 1.87. The molecule has 0 atom stereocenters. The lowest BCUT2D eigenvalue weighted by atomic mass is 10.6. The Morgan fingerprint density at radius 2 is 1.54 bits per heavy atom. The summed E-state index contributed by atoms with van der Waals surface area (Å²) in [5.74, 6) is -0.132. The highest BCUT2D eigenvalue weighted by Gasteiger charge is 1.98. The van der Waals surface area contributed by atoms with E-state index in [1.165, 1.54) is 0 Å². The average molecular weight is 246 g/mol. The third-order valence-corrected chi connectivity index (χ3v) is 1.39. The summed E-state index contributed by atoms with van der Waals surface area (Å²) in [6, 6.07) is 0. The summed E-state index contributed by atoms with van der Waals surface area (Å²) in [5, 5.41) is 0. The maximum Gasteiger partial charge on any atom is 0.264 e. The molecule has 0 fully saturated rings. The second-order valence-electron chi connectivity index (χ2n) is 1.56. The summed E-state index contributed by atoms with van der Waals surface area (Å²) in [6.45, 7) is 1.69. The van der Waals surface area contributed by atoms with Gasteiger partial charge in [0.15, 0.2) is 0 Å². The number of hydrogen-bond donors (Lipinski definition) is 3. The number of thiocarbonyl (C=S) groups is 2. The standard InChI is InChI=1S/C3H8O3S.2CH3NS/c1-2-3-7(4,5)6;2*2-1-3/h2-3H2,1H3,(H,4,5,6);2*1H,(H2,2,3). The maximum absolute atomic E-state index is 9.79. The van der Waals surface area contributed by atoms with Gasteiger partial charge in [-0.3, -0.25) is 4.55 Å². The van der Waals surface area contributed by atoms with Crippen LogP contribution >= 0.6 is 24.4 Å². The van der Waals surface area contributed by atoms with Crippen LogP contribution in [0.25, 0.3) is 0 Å². The minimum absolute atomic E-state index is 0.132. The van der Waals surface area contributed by atoms with E-state index in [4.69, 9.17) is 4.55 Å². The van der Waals surface area contributed by atoms with Crippen molar-refractivity contribution >= 4 is 45.5 Å². The first-order valence-corrected chi connectivity index (χ1v) is 5.70. The molecule has 0 aliphatic heterocycles. The highest BCUT2D eigenvalue weighted by molar-refractivity contribution is 7.85. The number of hydrogen-bond acceptors (Lipinski definition) is 4. The van der Waals surface area contributed by atoms with Crippen LogP contribution in [-0.4, -0.2) is 29.7 Å². The molecule has 0 saturated heterocycles. The first-order valence-electron chi connectivity index (χ1n) is 3.15. The monoisotopic (exact) mass is 246 g/mol. The Kier molecular flexibility index (Phi) is 20.2. The van der Waals surface area contributed by atoms with E-state index in [-0.39, 0.29) is 5.75 Å². The van der Waals surface area contributed by atoms with Gasteiger partial charge in [-0.2, -0.15) is 8.42 Å². The molecule has 0 aromatic carbocycles. The fourth-order valence-corrected chi connectivity index (χ4v) is 0.774. The van der Waals surface area contributed by atoms with Crippen LogP contribution in [0.4, 0.5) is 0 Å². The Morgan fingerprint density at radius 1 is 1.31 bits per heavy atom. The number of nitrogens with two attached hydrogens (primary N) is 2. The lowest BCUT2D eigenvalue weighted by molar-refractivity contribution is 0.482. The van der Waals surface area contributed by atoms with Gasteiger partial charge in [0.25, 0.3) is 10.1 Å². The SMILES string of the molecule is CCCS(=O)(=O)O.NC=S.NC=S. The Balaban J connectivity index is -0.000000140. The molecule has 0 amide bonds. The zero-order chi connectivity index (χ0) is 11.3. The number of rotatable bonds is 2. The molecule has 0 saturated carbocycles. The fraction of sp³-hybridized carbons (Fsp3) is 0.600. The molecule has 0 radical (unpaired) electrons. The molecule has 0 aliphatic carbocycles. The molecule has 0 aliphatic rings. The van der Waals surface area contributed by atoms with Crippen LogP contribution in [-0.2, 0) is 10.1 Å². The van der Waals surface area contributed by atoms with Crippen LogP contribution in [0.3, 0.4) is 0 Å². The third-order valence-electron chi connectivity index (χ3n) is 0.462. The largest absolute Gasteiger partial charge is 0.396 e. The van der Waals surface area contributed by atoms with Crippen LogP contribution in [0.1, 0.15) is 13.3 Å². The van der Waals surface area contributed by atoms with Gasteiger partial charge >= 0.3 is 0 Å². The van der Waals surface area contributed by atoms with E-state index < -0.39 is 10.1 Å². The summed E-state index contributed by atoms with van der Waals surface area (Å²) in [5.41, 5.74) is 11.2. The summed E-state index contributed by atoms with van der Waals surface area (Å²) in [4.78, 5) is 0. The summed E-state index contributed by atoms with van der Waals surface area (Å²) >= 11 is 8.09. The second kappa shape index (κ2) is 14.2. The Hall–Kier alpha value is -0.310. The first kappa shape index (κ1) is 18.5. The lowest BCUT2D eigenvalue weighted by Crippen LogP contribution is -2.01. The lowest BCUT2D eigenvalue weighted by Gasteiger charge is -1.85. The normalized spacial score (nSPS) is 8.15. The van der Waals surface area contributed by atoms with Gasteiger partial charge in [0, 0.05) is 0 Å². The van der Waals surface area contributed by atoms with Crippen molar-refractivity contribution in [2.45, 2.75) is 13.3 Å². The molecular weight excluding hydrogens is 232 g/mol. The van der Waals surface area contributed by atoms with E-state index in [1.54, 1.807) is 6.92 Å². The summed E-state index contributed by atoms with van der Waals surface area (Å²) < 4.78 is 27.6. The van der Waals surface area contributed by atoms with Crippen LogP contribution in [0.2, 0.25) is 0 Å². The Morgan fingerprint density at radius 3 is 1.54 bits per heavy atom. The molecule has 0 bridgehead atoms. The van der Waals surface area contributed by atoms with Gasteiger partial charge in [0.2, 0.25) is 0 Å². The zero-order valence-electron chi connectivity index (χ0n) is 7.21. The second-order valence-corrected chi connectivity index (χ2v) is 3.67. The van der Waals surface area contributed by atoms with Gasteiger partial charge in [-0.1, -0.05) is 31.4 Å². The van der Waals surface area contributed by atoms with Gasteiger partial charge in [0.1, 0.15) is 0 Å². The molecule has 0 aromatic rings. The van der Waals surface area contributed by atoms with Crippen LogP contribution in [0, 0.1) is 0 Å². The van der Waals surface area contributed by atoms with Crippen LogP contribution in [0.5, 0.6) is 0 Å². The van der Waals surface area contributed by atoms with Crippen molar-refractivity contribution in [2.24, 2.45) is 11.5 Å². The predicted molar refractivity (Wildman–Crippen MR) is 62.4 cm³/mol. The van der Waals surface area contributed by atoms with Gasteiger partial charge in [-0.15, -0.1) is 0 Å². The van der Waals surface area contributed by atoms with Gasteiger partial charge in [0.05, 0.1) is 16.7 Å². The van der Waals surface area contributed by atoms with Crippen molar-refractivity contribution in [3.8, 4) is 0 Å². The quantitative estimate of drug-likeness (QED) is 0.468. The smallest absolute Gasteiger partial charge is 0.264 e. The minimum Gasteiger partial charge on any atom is -0.396 e. The summed E-state index contributed by atoms with van der Waals surface area (Å²) in [6.07, 6.45) is 0.471. The molecule has 5 N–H and O–H groups in total. The first-order chi connectivity index (χ1) is 5.89. The van der Waals surface area contributed by atoms with Crippen molar-refractivity contribution in [1.29, 1.82) is 0 Å². The Labute approximate surface area is 89.2 Å². The van der Waals surface area contributed by atoms with Crippen molar-refractivity contribution in [2.75, 3.05) is 5.75 Å². The molecule has 0 rings (SSSR count). The maximum atomic E-state index is 9.79. The van der Waals surface area contributed by atoms with E-state index in [0.717, 1.165) is 11.0 Å². The molecule has 13 heavy (non-hydrogen) atoms. The van der Waals surface area contributed by atoms with Gasteiger partial charge in [-0.05, 0) is 6.42 Å². The van der Waals surface area contributed by atoms with Crippen LogP contribution < -0.4 is 11.5 Å². The van der Waals surface area contributed by atoms with Gasteiger partial charge in [-0.25, -0.2) is 0 Å². The zero-order valence-corrected chi connectivity index (χ0v) is 9.66. The predicted octanol–water partition coefficient (Wildman–Crippen LogP) is 0.0888. The van der Waals surface area contributed by atoms with Crippen molar-refractivity contribution < 1.29 is 13.0 Å². The van der Waals surface area contributed by atoms with Crippen molar-refractivity contribution in [1.82, 2.24) is 0 Å². The van der Waals surface area contributed by atoms with Crippen molar-refractivity contribution in [3.05, 3.63) is 0 Å². The fourth-order valence-electron chi connectivity index (χ4n) is 0.258. The molecule has 0 unspecified atom stereocenters. The van der Waals surface area contributed by atoms with E-state index in [9.17, 15) is 8.42 Å². The minimum atomic E-state index is -3.67. The molecule has 0 aromatic heterocycles. The van der Waals surface area contributed by atoms with Crippen molar-refractivity contribution in [3.63, 3.8) is 0 Å². The van der Waals surface area contributed by atoms with Gasteiger partial charge < -0.3 is 11.5 Å². The molecule has 8 heteroatoms. The molecule has 0 heterocycles. The highest BCUT2D eigenvalue weighted by Crippen LogP contribution is 1.83. The molecule has 0 spiro atoms. The van der Waals surface area contributed by atoms with E-state index in [0.29, 0.717) is 6.42 Å². The molecule has 80 valence electrons. The van der Waals surface area contributed by atoms with E-state index in [2.05, 4.69) is 35.9 Å². The highest BCUT2D eigenvalue weighted by atomic mass is 32.2. The van der Waals surface area contributed by atoms with E-state index in [1.807, 2.05) is 0 Å². The topological polar surface area (TPSA) is 106 Å². The Bertz CT molecular complexity index is 197. The third kappa shape index (κ3) is 80.6. The van der Waals surface area contributed by atoms with Crippen LogP contribution in [0.15, 0.2) is 0 Å².